The zero-order chi connectivity index (χ0) is 21.3. The van der Waals surface area contributed by atoms with Gasteiger partial charge in [-0.3, -0.25) is 4.21 Å². The molecule has 29 heavy (non-hydrogen) atoms. The first-order valence-electron chi connectivity index (χ1n) is 8.34. The molecule has 12 nitrogen and oxygen atoms in total. The molecule has 2 aromatic rings. The van der Waals surface area contributed by atoms with Gasteiger partial charge in [-0.05, 0) is 24.3 Å². The molecule has 1 aliphatic heterocycles. The lowest BCUT2D eigenvalue weighted by Gasteiger charge is -2.39. The number of ether oxygens (including phenoxy) is 1. The van der Waals surface area contributed by atoms with E-state index in [0.29, 0.717) is 5.69 Å². The summed E-state index contributed by atoms with van der Waals surface area (Å²) in [6.07, 6.45) is -4.48. The van der Waals surface area contributed by atoms with E-state index in [-0.39, 0.29) is 16.3 Å². The van der Waals surface area contributed by atoms with Crippen molar-refractivity contribution in [3.8, 4) is 5.69 Å². The molecule has 6 atom stereocenters. The maximum Gasteiger partial charge on any atom is 0.238 e. The highest BCUT2D eigenvalue weighted by molar-refractivity contribution is 7.89. The van der Waals surface area contributed by atoms with Crippen LogP contribution in [-0.2, 0) is 31.3 Å². The van der Waals surface area contributed by atoms with Crippen LogP contribution in [0.1, 0.15) is 5.69 Å². The van der Waals surface area contributed by atoms with Crippen LogP contribution < -0.4 is 5.14 Å². The summed E-state index contributed by atoms with van der Waals surface area (Å²) in [5.41, 5.74) is -0.588. The molecule has 1 saturated heterocycles. The number of hydrogen-bond donors (Lipinski definition) is 5. The van der Waals surface area contributed by atoms with Gasteiger partial charge >= 0.3 is 0 Å². The molecule has 160 valence electrons. The summed E-state index contributed by atoms with van der Waals surface area (Å²) in [6, 6.07) is 5.54. The second kappa shape index (κ2) is 8.53. The lowest BCUT2D eigenvalue weighted by molar-refractivity contribution is -0.206. The second-order valence-electron chi connectivity index (χ2n) is 6.42. The van der Waals surface area contributed by atoms with E-state index in [2.05, 4.69) is 10.3 Å². The number of primary sulfonamides is 1. The summed E-state index contributed by atoms with van der Waals surface area (Å²) in [5, 5.41) is 51.6. The summed E-state index contributed by atoms with van der Waals surface area (Å²) in [5.74, 6) is -0.183. The van der Waals surface area contributed by atoms with Crippen molar-refractivity contribution in [2.75, 3.05) is 6.61 Å². The monoisotopic (exact) mass is 448 g/mol. The van der Waals surface area contributed by atoms with Gasteiger partial charge in [0.1, 0.15) is 24.4 Å². The quantitative estimate of drug-likeness (QED) is 0.303. The maximum absolute atomic E-state index is 12.6. The van der Waals surface area contributed by atoms with Crippen LogP contribution in [0.2, 0.25) is 0 Å². The Labute approximate surface area is 168 Å². The van der Waals surface area contributed by atoms with Gasteiger partial charge in [-0.15, -0.1) is 5.10 Å². The van der Waals surface area contributed by atoms with Crippen LogP contribution in [0.15, 0.2) is 35.4 Å². The topological polar surface area (TPSA) is 198 Å². The van der Waals surface area contributed by atoms with Gasteiger partial charge in [0.05, 0.1) is 45.6 Å². The molecule has 0 aliphatic carbocycles. The van der Waals surface area contributed by atoms with E-state index in [1.807, 2.05) is 0 Å². The van der Waals surface area contributed by atoms with Crippen LogP contribution >= 0.6 is 0 Å². The first-order valence-corrected chi connectivity index (χ1v) is 11.3. The highest BCUT2D eigenvalue weighted by atomic mass is 32.2. The van der Waals surface area contributed by atoms with E-state index in [0.717, 1.165) is 0 Å². The van der Waals surface area contributed by atoms with Crippen molar-refractivity contribution < 1.29 is 37.8 Å². The molecule has 6 N–H and O–H groups in total. The SMILES string of the molecule is NS(=O)(=O)c1ccc(-n2cc(CS(=O)[C@@H]3O[C@H](CO)[C@@H](O)[C@H](O)[C@H]3O)nn2)cc1. The summed E-state index contributed by atoms with van der Waals surface area (Å²) >= 11 is 0. The van der Waals surface area contributed by atoms with Gasteiger partial charge in [0.2, 0.25) is 10.0 Å². The minimum absolute atomic E-state index is 0.0645. The van der Waals surface area contributed by atoms with Crippen LogP contribution in [0, 0.1) is 0 Å². The maximum atomic E-state index is 12.6. The van der Waals surface area contributed by atoms with Crippen LogP contribution in [0.25, 0.3) is 5.69 Å². The Balaban J connectivity index is 1.72. The molecule has 0 spiro atoms. The van der Waals surface area contributed by atoms with Crippen LogP contribution in [0.3, 0.4) is 0 Å². The van der Waals surface area contributed by atoms with E-state index < -0.39 is 57.3 Å². The number of hydrogen-bond acceptors (Lipinski definition) is 10. The molecule has 0 saturated carbocycles. The summed E-state index contributed by atoms with van der Waals surface area (Å²) < 4.78 is 41.8. The Morgan fingerprint density at radius 3 is 2.38 bits per heavy atom. The average molecular weight is 448 g/mol. The smallest absolute Gasteiger partial charge is 0.238 e. The van der Waals surface area contributed by atoms with E-state index in [9.17, 15) is 33.1 Å². The second-order valence-corrected chi connectivity index (χ2v) is 9.49. The third-order valence-corrected chi connectivity index (χ3v) is 6.79. The largest absolute Gasteiger partial charge is 0.394 e. The molecule has 1 aromatic heterocycles. The number of benzene rings is 1. The fourth-order valence-electron chi connectivity index (χ4n) is 2.79. The third kappa shape index (κ3) is 4.70. The van der Waals surface area contributed by atoms with Crippen molar-refractivity contribution in [1.82, 2.24) is 15.0 Å². The van der Waals surface area contributed by atoms with Gasteiger partial charge in [0.25, 0.3) is 0 Å². The number of aliphatic hydroxyl groups is 4. The van der Waals surface area contributed by atoms with Crippen molar-refractivity contribution in [2.45, 2.75) is 40.5 Å². The summed E-state index contributed by atoms with van der Waals surface area (Å²) in [7, 11) is -5.69. The van der Waals surface area contributed by atoms with E-state index in [1.165, 1.54) is 35.1 Å². The number of rotatable bonds is 6. The Morgan fingerprint density at radius 2 is 1.79 bits per heavy atom. The van der Waals surface area contributed by atoms with Gasteiger partial charge in [0.15, 0.2) is 5.44 Å². The molecule has 1 aromatic carbocycles. The van der Waals surface area contributed by atoms with Crippen LogP contribution in [-0.4, -0.2) is 84.5 Å². The van der Waals surface area contributed by atoms with Gasteiger partial charge in [-0.2, -0.15) is 0 Å². The van der Waals surface area contributed by atoms with E-state index in [1.54, 1.807) is 0 Å². The zero-order valence-electron chi connectivity index (χ0n) is 14.8. The first-order chi connectivity index (χ1) is 13.6. The molecular weight excluding hydrogens is 428 g/mol. The number of sulfonamides is 1. The number of aliphatic hydroxyl groups excluding tert-OH is 4. The fourth-order valence-corrected chi connectivity index (χ4v) is 4.63. The highest BCUT2D eigenvalue weighted by Gasteiger charge is 2.45. The average Bonchev–Trinajstić information content (AvgIpc) is 3.14. The molecule has 0 bridgehead atoms. The van der Waals surface area contributed by atoms with Crippen molar-refractivity contribution >= 4 is 20.8 Å². The van der Waals surface area contributed by atoms with Gasteiger partial charge < -0.3 is 25.2 Å². The number of nitrogens with two attached hydrogens (primary N) is 1. The van der Waals surface area contributed by atoms with Crippen LogP contribution in [0.4, 0.5) is 0 Å². The third-order valence-electron chi connectivity index (χ3n) is 4.37. The minimum Gasteiger partial charge on any atom is -0.394 e. The highest BCUT2D eigenvalue weighted by Crippen LogP contribution is 2.24. The molecule has 0 radical (unpaired) electrons. The van der Waals surface area contributed by atoms with E-state index in [4.69, 9.17) is 9.88 Å². The molecular formula is C15H20N4O8S2. The Morgan fingerprint density at radius 1 is 1.14 bits per heavy atom. The van der Waals surface area contributed by atoms with Crippen molar-refractivity contribution in [1.29, 1.82) is 0 Å². The standard InChI is InChI=1S/C15H20N4O8S2/c16-29(25,26)10-3-1-9(2-4-10)19-5-8(17-18-19)7-28(24)15-14(23)13(22)12(21)11(6-20)27-15/h1-5,11-15,20-23H,6-7H2,(H2,16,25,26)/t11-,12-,13+,14-,15+,28?/m1/s1. The normalized spacial score (nSPS) is 28.9. The Hall–Kier alpha value is -1.78. The summed E-state index contributed by atoms with van der Waals surface area (Å²) in [4.78, 5) is -0.0645. The van der Waals surface area contributed by atoms with Gasteiger partial charge in [0, 0.05) is 0 Å². The number of aromatic nitrogens is 3. The van der Waals surface area contributed by atoms with Crippen molar-refractivity contribution in [3.63, 3.8) is 0 Å². The zero-order valence-corrected chi connectivity index (χ0v) is 16.5. The lowest BCUT2D eigenvalue weighted by atomic mass is 10.0. The molecule has 1 aliphatic rings. The fraction of sp³-hybridized carbons (Fsp3) is 0.467. The van der Waals surface area contributed by atoms with Crippen LogP contribution in [0.5, 0.6) is 0 Å². The predicted molar refractivity (Wildman–Crippen MR) is 98.3 cm³/mol. The van der Waals surface area contributed by atoms with Gasteiger partial charge in [-0.25, -0.2) is 18.2 Å². The Bertz CT molecular complexity index is 978. The lowest BCUT2D eigenvalue weighted by Crippen LogP contribution is -2.59. The predicted octanol–water partition coefficient (Wildman–Crippen LogP) is -3.04. The molecule has 1 unspecified atom stereocenters. The molecule has 14 heteroatoms. The molecule has 0 amide bonds. The Kier molecular flexibility index (Phi) is 6.45. The number of nitrogens with zero attached hydrogens (tertiary/aromatic N) is 3. The first kappa shape index (κ1) is 21.9. The van der Waals surface area contributed by atoms with Gasteiger partial charge in [-0.1, -0.05) is 5.21 Å². The molecule has 1 fully saturated rings. The molecule has 2 heterocycles. The van der Waals surface area contributed by atoms with Crippen molar-refractivity contribution in [2.24, 2.45) is 5.14 Å². The van der Waals surface area contributed by atoms with Crippen molar-refractivity contribution in [3.05, 3.63) is 36.2 Å². The molecule has 3 rings (SSSR count). The minimum atomic E-state index is -3.82. The van der Waals surface area contributed by atoms with E-state index >= 15 is 0 Å². The summed E-state index contributed by atoms with van der Waals surface area (Å²) in [6.45, 7) is -0.622.